The molecule has 1 aromatic carbocycles. The number of hydrogen-bond acceptors (Lipinski definition) is 7. The van der Waals surface area contributed by atoms with Crippen molar-refractivity contribution in [2.45, 2.75) is 37.1 Å². The summed E-state index contributed by atoms with van der Waals surface area (Å²) in [5.74, 6) is 0.306. The highest BCUT2D eigenvalue weighted by Gasteiger charge is 2.55. The standard InChI is InChI=1S/C8H11NO.C6H10O5/c9-6-5-7-1-3-8(10)4-2-7;7-1-2-3(8)4(9)5-6(10-2)11-5/h1-4,10H,5-6,9H2;2-9H,1H2. The first-order valence-corrected chi connectivity index (χ1v) is 6.82. The predicted molar refractivity (Wildman–Crippen MR) is 73.5 cm³/mol. The number of aliphatic hydroxyl groups is 3. The first-order valence-electron chi connectivity index (χ1n) is 6.82. The molecule has 5 atom stereocenters. The van der Waals surface area contributed by atoms with Crippen molar-refractivity contribution in [3.8, 4) is 5.75 Å². The first-order chi connectivity index (χ1) is 10.1. The Morgan fingerprint density at radius 2 is 1.71 bits per heavy atom. The van der Waals surface area contributed by atoms with Crippen LogP contribution in [0.1, 0.15) is 5.56 Å². The summed E-state index contributed by atoms with van der Waals surface area (Å²) in [6, 6.07) is 7.10. The predicted octanol–water partition coefficient (Wildman–Crippen LogP) is -1.28. The Morgan fingerprint density at radius 3 is 2.29 bits per heavy atom. The van der Waals surface area contributed by atoms with Crippen molar-refractivity contribution < 1.29 is 29.9 Å². The zero-order valence-corrected chi connectivity index (χ0v) is 11.5. The maximum atomic E-state index is 9.22. The van der Waals surface area contributed by atoms with E-state index in [1.54, 1.807) is 12.1 Å². The zero-order chi connectivity index (χ0) is 15.4. The Labute approximate surface area is 122 Å². The number of ether oxygens (including phenoxy) is 2. The average molecular weight is 299 g/mol. The van der Waals surface area contributed by atoms with Crippen LogP contribution in [0.4, 0.5) is 0 Å². The molecule has 0 radical (unpaired) electrons. The van der Waals surface area contributed by atoms with Gasteiger partial charge in [-0.3, -0.25) is 0 Å². The molecular formula is C14H21NO6. The van der Waals surface area contributed by atoms with Crippen LogP contribution in [0.15, 0.2) is 24.3 Å². The molecule has 0 saturated carbocycles. The van der Waals surface area contributed by atoms with E-state index >= 15 is 0 Å². The van der Waals surface area contributed by atoms with Crippen molar-refractivity contribution in [1.82, 2.24) is 0 Å². The first kappa shape index (κ1) is 16.2. The van der Waals surface area contributed by atoms with Gasteiger partial charge in [0.1, 0.15) is 30.2 Å². The van der Waals surface area contributed by atoms with Crippen molar-refractivity contribution in [2.75, 3.05) is 13.2 Å². The lowest BCUT2D eigenvalue weighted by molar-refractivity contribution is -0.144. The largest absolute Gasteiger partial charge is 0.508 e. The number of phenolic OH excluding ortho intramolecular Hbond substituents is 1. The molecule has 0 bridgehead atoms. The molecule has 3 rings (SSSR count). The van der Waals surface area contributed by atoms with Crippen LogP contribution in [-0.4, -0.2) is 64.3 Å². The van der Waals surface area contributed by atoms with Gasteiger partial charge in [0.15, 0.2) is 6.29 Å². The summed E-state index contributed by atoms with van der Waals surface area (Å²) in [6.45, 7) is 0.357. The molecule has 2 aliphatic heterocycles. The molecule has 1 aromatic rings. The van der Waals surface area contributed by atoms with Crippen molar-refractivity contribution in [1.29, 1.82) is 0 Å². The highest BCUT2D eigenvalue weighted by atomic mass is 16.8. The summed E-state index contributed by atoms with van der Waals surface area (Å²) in [5.41, 5.74) is 6.50. The quantitative estimate of drug-likeness (QED) is 0.440. The van der Waals surface area contributed by atoms with Gasteiger partial charge in [0.2, 0.25) is 0 Å². The molecule has 2 heterocycles. The van der Waals surface area contributed by atoms with E-state index in [9.17, 15) is 10.2 Å². The summed E-state index contributed by atoms with van der Waals surface area (Å²) in [6.07, 6.45) is -2.62. The monoisotopic (exact) mass is 299 g/mol. The summed E-state index contributed by atoms with van der Waals surface area (Å²) in [5, 5.41) is 36.0. The van der Waals surface area contributed by atoms with Gasteiger partial charge in [-0.25, -0.2) is 0 Å². The number of benzene rings is 1. The number of fused-ring (bicyclic) bond motifs is 1. The number of nitrogens with two attached hydrogens (primary N) is 1. The van der Waals surface area contributed by atoms with Crippen LogP contribution in [0, 0.1) is 0 Å². The van der Waals surface area contributed by atoms with E-state index in [2.05, 4.69) is 0 Å². The topological polar surface area (TPSA) is 129 Å². The fourth-order valence-electron chi connectivity index (χ4n) is 2.11. The van der Waals surface area contributed by atoms with Gasteiger partial charge in [0, 0.05) is 0 Å². The van der Waals surface area contributed by atoms with Gasteiger partial charge in [-0.05, 0) is 30.7 Å². The molecule has 0 amide bonds. The van der Waals surface area contributed by atoms with E-state index in [1.807, 2.05) is 12.1 Å². The van der Waals surface area contributed by atoms with Gasteiger partial charge in [0.25, 0.3) is 0 Å². The third kappa shape index (κ3) is 4.13. The number of aromatic hydroxyl groups is 1. The van der Waals surface area contributed by atoms with E-state index in [1.165, 1.54) is 5.56 Å². The fourth-order valence-corrected chi connectivity index (χ4v) is 2.11. The molecule has 2 fully saturated rings. The van der Waals surface area contributed by atoms with Crippen LogP contribution >= 0.6 is 0 Å². The third-order valence-corrected chi connectivity index (χ3v) is 3.41. The van der Waals surface area contributed by atoms with Crippen molar-refractivity contribution in [3.63, 3.8) is 0 Å². The molecule has 118 valence electrons. The lowest BCUT2D eigenvalue weighted by Gasteiger charge is -2.27. The smallest absolute Gasteiger partial charge is 0.187 e. The minimum atomic E-state index is -1.04. The maximum absolute atomic E-state index is 9.22. The second-order valence-electron chi connectivity index (χ2n) is 5.01. The normalized spacial score (nSPS) is 33.6. The van der Waals surface area contributed by atoms with Gasteiger partial charge >= 0.3 is 0 Å². The fraction of sp³-hybridized carbons (Fsp3) is 0.571. The van der Waals surface area contributed by atoms with Crippen LogP contribution in [0.2, 0.25) is 0 Å². The second-order valence-corrected chi connectivity index (χ2v) is 5.01. The molecule has 5 unspecified atom stereocenters. The number of hydrogen-bond donors (Lipinski definition) is 5. The zero-order valence-electron chi connectivity index (χ0n) is 11.5. The van der Waals surface area contributed by atoms with Crippen LogP contribution in [0.5, 0.6) is 5.75 Å². The molecule has 0 aliphatic carbocycles. The van der Waals surface area contributed by atoms with Gasteiger partial charge in [-0.2, -0.15) is 0 Å². The van der Waals surface area contributed by atoms with Crippen molar-refractivity contribution >= 4 is 0 Å². The Morgan fingerprint density at radius 1 is 1.05 bits per heavy atom. The number of epoxide rings is 1. The summed E-state index contributed by atoms with van der Waals surface area (Å²) in [7, 11) is 0. The maximum Gasteiger partial charge on any atom is 0.187 e. The highest BCUT2D eigenvalue weighted by molar-refractivity contribution is 5.25. The van der Waals surface area contributed by atoms with E-state index in [4.69, 9.17) is 25.4 Å². The van der Waals surface area contributed by atoms with E-state index in [0.29, 0.717) is 12.3 Å². The summed E-state index contributed by atoms with van der Waals surface area (Å²) in [4.78, 5) is 0. The lowest BCUT2D eigenvalue weighted by Crippen LogP contribution is -2.48. The summed E-state index contributed by atoms with van der Waals surface area (Å²) < 4.78 is 9.86. The van der Waals surface area contributed by atoms with Gasteiger partial charge in [-0.15, -0.1) is 0 Å². The average Bonchev–Trinajstić information content (AvgIpc) is 3.26. The molecule has 2 aliphatic rings. The summed E-state index contributed by atoms with van der Waals surface area (Å²) >= 11 is 0. The SMILES string of the molecule is NCCc1ccc(O)cc1.OCC1OC2OC2C(O)C1O. The molecule has 2 saturated heterocycles. The van der Waals surface area contributed by atoms with E-state index in [-0.39, 0.29) is 6.61 Å². The van der Waals surface area contributed by atoms with E-state index < -0.39 is 30.7 Å². The Bertz CT molecular complexity index is 440. The molecule has 0 aromatic heterocycles. The van der Waals surface area contributed by atoms with Crippen LogP contribution in [0.25, 0.3) is 0 Å². The number of phenols is 1. The number of rotatable bonds is 3. The number of aliphatic hydroxyl groups excluding tert-OH is 3. The molecule has 21 heavy (non-hydrogen) atoms. The molecule has 7 heteroatoms. The van der Waals surface area contributed by atoms with Crippen molar-refractivity contribution in [2.24, 2.45) is 5.73 Å². The van der Waals surface area contributed by atoms with Gasteiger partial charge in [0.05, 0.1) is 6.61 Å². The Hall–Kier alpha value is -1.22. The molecule has 7 nitrogen and oxygen atoms in total. The van der Waals surface area contributed by atoms with Gasteiger partial charge < -0.3 is 35.6 Å². The molecule has 0 spiro atoms. The Balaban J connectivity index is 0.000000155. The van der Waals surface area contributed by atoms with Gasteiger partial charge in [-0.1, -0.05) is 12.1 Å². The molecule has 6 N–H and O–H groups in total. The molecular weight excluding hydrogens is 278 g/mol. The lowest BCUT2D eigenvalue weighted by atomic mass is 10.0. The third-order valence-electron chi connectivity index (χ3n) is 3.41. The van der Waals surface area contributed by atoms with E-state index in [0.717, 1.165) is 6.42 Å². The minimum Gasteiger partial charge on any atom is -0.508 e. The minimum absolute atomic E-state index is 0.301. The van der Waals surface area contributed by atoms with Crippen LogP contribution < -0.4 is 5.73 Å². The van der Waals surface area contributed by atoms with Crippen LogP contribution in [0.3, 0.4) is 0 Å². The van der Waals surface area contributed by atoms with Crippen molar-refractivity contribution in [3.05, 3.63) is 29.8 Å². The second kappa shape index (κ2) is 7.17. The Kier molecular flexibility index (Phi) is 5.51. The van der Waals surface area contributed by atoms with Crippen LogP contribution in [-0.2, 0) is 15.9 Å². The highest BCUT2D eigenvalue weighted by Crippen LogP contribution is 2.35.